The van der Waals surface area contributed by atoms with Gasteiger partial charge in [-0.2, -0.15) is 0 Å². The van der Waals surface area contributed by atoms with Crippen LogP contribution in [0, 0.1) is 30.6 Å². The molecule has 0 aromatic carbocycles. The number of amides is 1. The van der Waals surface area contributed by atoms with Crippen molar-refractivity contribution in [1.82, 2.24) is 5.32 Å². The molecule has 4 atom stereocenters. The zero-order valence-electron chi connectivity index (χ0n) is 11.5. The van der Waals surface area contributed by atoms with Gasteiger partial charge in [-0.1, -0.05) is 0 Å². The molecule has 4 nitrogen and oxygen atoms in total. The van der Waals surface area contributed by atoms with Crippen molar-refractivity contribution < 1.29 is 13.2 Å². The molecule has 21 heavy (non-hydrogen) atoms. The summed E-state index contributed by atoms with van der Waals surface area (Å²) < 4.78 is 22.9. The Bertz CT molecular complexity index is 711. The average Bonchev–Trinajstić information content (AvgIpc) is 2.81. The van der Waals surface area contributed by atoms with E-state index in [1.807, 2.05) is 0 Å². The maximum absolute atomic E-state index is 12.4. The highest BCUT2D eigenvalue weighted by molar-refractivity contribution is 8.15. The molecule has 3 aliphatic rings. The molecule has 4 unspecified atom stereocenters. The first kappa shape index (κ1) is 14.0. The lowest BCUT2D eigenvalue weighted by atomic mass is 10.0. The molecule has 3 fully saturated rings. The van der Waals surface area contributed by atoms with Gasteiger partial charge in [0.25, 0.3) is 15.0 Å². The van der Waals surface area contributed by atoms with Crippen LogP contribution in [-0.4, -0.2) is 20.4 Å². The molecule has 1 amide bonds. The Labute approximate surface area is 132 Å². The highest BCUT2D eigenvalue weighted by Gasteiger charge is 2.65. The minimum Gasteiger partial charge on any atom is -0.349 e. The summed E-state index contributed by atoms with van der Waals surface area (Å²) in [5.74, 6) is 2.78. The summed E-state index contributed by atoms with van der Waals surface area (Å²) in [6.45, 7) is 1.64. The van der Waals surface area contributed by atoms with Crippen LogP contribution in [0.5, 0.6) is 0 Å². The van der Waals surface area contributed by atoms with Crippen LogP contribution in [0.4, 0.5) is 0 Å². The van der Waals surface area contributed by atoms with Gasteiger partial charge in [-0.25, -0.2) is 8.42 Å². The largest absolute Gasteiger partial charge is 0.349 e. The van der Waals surface area contributed by atoms with Crippen molar-refractivity contribution in [3.8, 4) is 0 Å². The van der Waals surface area contributed by atoms with Crippen molar-refractivity contribution in [2.45, 2.75) is 36.4 Å². The van der Waals surface area contributed by atoms with Gasteiger partial charge in [0.05, 0.1) is 5.56 Å². The fourth-order valence-electron chi connectivity index (χ4n) is 4.61. The number of fused-ring (bicyclic) bond motifs is 5. The van der Waals surface area contributed by atoms with Gasteiger partial charge in [0.1, 0.15) is 4.21 Å². The molecule has 1 aromatic heterocycles. The smallest absolute Gasteiger partial charge is 0.271 e. The van der Waals surface area contributed by atoms with Gasteiger partial charge in [0.2, 0.25) is 0 Å². The van der Waals surface area contributed by atoms with Crippen LogP contribution in [0.1, 0.15) is 35.2 Å². The molecule has 1 heterocycles. The molecular weight excluding hydrogens is 330 g/mol. The molecule has 114 valence electrons. The zero-order valence-corrected chi connectivity index (χ0v) is 13.9. The molecule has 1 aromatic rings. The summed E-state index contributed by atoms with van der Waals surface area (Å²) in [6.07, 6.45) is 3.96. The van der Waals surface area contributed by atoms with Gasteiger partial charge in [0, 0.05) is 22.1 Å². The fraction of sp³-hybridized carbons (Fsp3) is 0.643. The lowest BCUT2D eigenvalue weighted by Gasteiger charge is -2.10. The molecule has 2 bridgehead atoms. The Morgan fingerprint density at radius 3 is 2.48 bits per heavy atom. The first-order valence-electron chi connectivity index (χ1n) is 7.21. The van der Waals surface area contributed by atoms with E-state index in [9.17, 15) is 13.2 Å². The van der Waals surface area contributed by atoms with Crippen LogP contribution in [0.2, 0.25) is 0 Å². The second-order valence-electron chi connectivity index (χ2n) is 6.49. The number of hydrogen-bond acceptors (Lipinski definition) is 4. The molecule has 3 aliphatic carbocycles. The lowest BCUT2D eigenvalue weighted by Crippen LogP contribution is -2.30. The van der Waals surface area contributed by atoms with Crippen molar-refractivity contribution in [1.29, 1.82) is 0 Å². The second kappa shape index (κ2) is 4.46. The summed E-state index contributed by atoms with van der Waals surface area (Å²) >= 11 is 1.01. The van der Waals surface area contributed by atoms with Crippen LogP contribution in [-0.2, 0) is 9.05 Å². The highest BCUT2D eigenvalue weighted by Crippen LogP contribution is 2.65. The summed E-state index contributed by atoms with van der Waals surface area (Å²) in [5.41, 5.74) is 0.901. The SMILES string of the molecule is Cc1c(C(=O)NC2C3C4CCC(C4)C23)csc1S(=O)(=O)Cl. The number of carbonyl (C=O) groups is 1. The minimum atomic E-state index is -3.77. The predicted molar refractivity (Wildman–Crippen MR) is 81.2 cm³/mol. The van der Waals surface area contributed by atoms with E-state index < -0.39 is 9.05 Å². The van der Waals surface area contributed by atoms with Crippen LogP contribution in [0.25, 0.3) is 0 Å². The number of rotatable bonds is 3. The normalized spacial score (nSPS) is 36.6. The van der Waals surface area contributed by atoms with Crippen molar-refractivity contribution in [2.24, 2.45) is 23.7 Å². The maximum atomic E-state index is 12.4. The van der Waals surface area contributed by atoms with Crippen LogP contribution in [0.15, 0.2) is 9.59 Å². The topological polar surface area (TPSA) is 63.2 Å². The summed E-state index contributed by atoms with van der Waals surface area (Å²) in [4.78, 5) is 12.4. The van der Waals surface area contributed by atoms with E-state index in [1.165, 1.54) is 19.3 Å². The standard InChI is InChI=1S/C14H16ClNO3S2/c1-6-9(5-20-14(6)21(15,18)19)13(17)16-12-10-7-2-3-8(4-7)11(10)12/h5,7-8,10-12H,2-4H2,1H3,(H,16,17). The quantitative estimate of drug-likeness (QED) is 0.857. The lowest BCUT2D eigenvalue weighted by molar-refractivity contribution is 0.0944. The van der Waals surface area contributed by atoms with Crippen molar-refractivity contribution in [2.75, 3.05) is 0 Å². The van der Waals surface area contributed by atoms with Crippen LogP contribution >= 0.6 is 22.0 Å². The molecule has 0 radical (unpaired) electrons. The molecule has 0 aliphatic heterocycles. The van der Waals surface area contributed by atoms with E-state index in [2.05, 4.69) is 5.32 Å². The van der Waals surface area contributed by atoms with Crippen molar-refractivity contribution in [3.05, 3.63) is 16.5 Å². The minimum absolute atomic E-state index is 0.0744. The summed E-state index contributed by atoms with van der Waals surface area (Å²) in [6, 6.07) is 0.305. The molecule has 4 rings (SSSR count). The third kappa shape index (κ3) is 2.06. The van der Waals surface area contributed by atoms with E-state index in [1.54, 1.807) is 12.3 Å². The molecule has 3 saturated carbocycles. The Balaban J connectivity index is 1.51. The van der Waals surface area contributed by atoms with E-state index in [0.717, 1.165) is 23.2 Å². The number of hydrogen-bond donors (Lipinski definition) is 1. The van der Waals surface area contributed by atoms with Crippen molar-refractivity contribution >= 4 is 37.0 Å². The van der Waals surface area contributed by atoms with Gasteiger partial charge in [-0.3, -0.25) is 4.79 Å². The van der Waals surface area contributed by atoms with Gasteiger partial charge in [-0.15, -0.1) is 11.3 Å². The highest BCUT2D eigenvalue weighted by atomic mass is 35.7. The zero-order chi connectivity index (χ0) is 14.9. The van der Waals surface area contributed by atoms with Crippen molar-refractivity contribution in [3.63, 3.8) is 0 Å². The number of halogens is 1. The van der Waals surface area contributed by atoms with Gasteiger partial charge >= 0.3 is 0 Å². The Hall–Kier alpha value is -0.590. The van der Waals surface area contributed by atoms with E-state index >= 15 is 0 Å². The molecule has 1 N–H and O–H groups in total. The number of nitrogens with one attached hydrogen (secondary N) is 1. The second-order valence-corrected chi connectivity index (χ2v) is 10.1. The van der Waals surface area contributed by atoms with Gasteiger partial charge in [0.15, 0.2) is 0 Å². The third-order valence-electron chi connectivity index (χ3n) is 5.49. The molecule has 0 spiro atoms. The van der Waals surface area contributed by atoms with E-state index in [-0.39, 0.29) is 10.1 Å². The van der Waals surface area contributed by atoms with Gasteiger partial charge < -0.3 is 5.32 Å². The van der Waals surface area contributed by atoms with Crippen LogP contribution in [0.3, 0.4) is 0 Å². The monoisotopic (exact) mass is 345 g/mol. The Morgan fingerprint density at radius 2 is 1.95 bits per heavy atom. The number of thiophene rings is 1. The average molecular weight is 346 g/mol. The summed E-state index contributed by atoms with van der Waals surface area (Å²) in [7, 11) is 1.60. The van der Waals surface area contributed by atoms with Gasteiger partial charge in [-0.05, 0) is 55.4 Å². The number of carbonyl (C=O) groups excluding carboxylic acids is 1. The first-order valence-corrected chi connectivity index (χ1v) is 10.4. The third-order valence-corrected chi connectivity index (χ3v) is 8.80. The van der Waals surface area contributed by atoms with E-state index in [0.29, 0.717) is 29.0 Å². The molecular formula is C14H16ClNO3S2. The summed E-state index contributed by atoms with van der Waals surface area (Å²) in [5, 5.41) is 4.70. The predicted octanol–water partition coefficient (Wildman–Crippen LogP) is 2.76. The fourth-order valence-corrected chi connectivity index (χ4v) is 7.16. The Morgan fingerprint density at radius 1 is 1.33 bits per heavy atom. The molecule has 7 heteroatoms. The first-order chi connectivity index (χ1) is 9.88. The maximum Gasteiger partial charge on any atom is 0.271 e. The molecule has 0 saturated heterocycles. The van der Waals surface area contributed by atoms with E-state index in [4.69, 9.17) is 10.7 Å². The van der Waals surface area contributed by atoms with Crippen LogP contribution < -0.4 is 5.32 Å². The Kier molecular flexibility index (Phi) is 2.98.